The lowest BCUT2D eigenvalue weighted by atomic mass is 10.4. The molecule has 0 spiro atoms. The van der Waals surface area contributed by atoms with Crippen LogP contribution in [-0.2, 0) is 0 Å². The fraction of sp³-hybridized carbons (Fsp3) is 0. The predicted molar refractivity (Wildman–Crippen MR) is 48.3 cm³/mol. The molecule has 0 aliphatic carbocycles. The van der Waals surface area contributed by atoms with Crippen LogP contribution in [0.3, 0.4) is 0 Å². The van der Waals surface area contributed by atoms with Crippen LogP contribution in [0.2, 0.25) is 0 Å². The normalized spacial score (nSPS) is 10.7. The summed E-state index contributed by atoms with van der Waals surface area (Å²) in [6.45, 7) is 3.78. The standard InChI is InChI=1S/C8H6BrN2/c1-5-4-7-6(10-5)2-3-8(9)11-7/h2-4,10H,1H2. The van der Waals surface area contributed by atoms with Gasteiger partial charge in [-0.25, -0.2) is 4.98 Å². The van der Waals surface area contributed by atoms with E-state index in [0.29, 0.717) is 0 Å². The highest BCUT2D eigenvalue weighted by molar-refractivity contribution is 9.10. The van der Waals surface area contributed by atoms with Crippen molar-refractivity contribution in [1.82, 2.24) is 9.97 Å². The minimum absolute atomic E-state index is 0.851. The Labute approximate surface area is 72.8 Å². The monoisotopic (exact) mass is 209 g/mol. The summed E-state index contributed by atoms with van der Waals surface area (Å²) in [7, 11) is 0. The van der Waals surface area contributed by atoms with Gasteiger partial charge in [-0.05, 0) is 41.1 Å². The number of hydrogen-bond acceptors (Lipinski definition) is 1. The van der Waals surface area contributed by atoms with Crippen molar-refractivity contribution in [2.45, 2.75) is 0 Å². The number of rotatable bonds is 0. The Balaban J connectivity index is 2.82. The minimum Gasteiger partial charge on any atom is -0.357 e. The number of nitrogens with zero attached hydrogens (tertiary/aromatic N) is 1. The number of pyridine rings is 1. The molecule has 0 aliphatic heterocycles. The van der Waals surface area contributed by atoms with Crippen LogP contribution >= 0.6 is 15.9 Å². The second-order valence-electron chi connectivity index (χ2n) is 2.36. The van der Waals surface area contributed by atoms with Crippen molar-refractivity contribution >= 4 is 27.0 Å². The van der Waals surface area contributed by atoms with Gasteiger partial charge in [0, 0.05) is 5.69 Å². The number of fused-ring (bicyclic) bond motifs is 1. The molecule has 1 N–H and O–H groups in total. The lowest BCUT2D eigenvalue weighted by Gasteiger charge is -1.88. The van der Waals surface area contributed by atoms with E-state index in [4.69, 9.17) is 0 Å². The van der Waals surface area contributed by atoms with E-state index < -0.39 is 0 Å². The summed E-state index contributed by atoms with van der Waals surface area (Å²) in [5, 5.41) is 0. The molecule has 2 aromatic heterocycles. The van der Waals surface area contributed by atoms with Crippen LogP contribution in [0.4, 0.5) is 0 Å². The first-order chi connectivity index (χ1) is 5.25. The van der Waals surface area contributed by atoms with E-state index in [1.165, 1.54) is 0 Å². The summed E-state index contributed by atoms with van der Waals surface area (Å²) in [6, 6.07) is 5.79. The first-order valence-corrected chi connectivity index (χ1v) is 4.02. The van der Waals surface area contributed by atoms with Crippen molar-refractivity contribution in [2.75, 3.05) is 0 Å². The van der Waals surface area contributed by atoms with Gasteiger partial charge < -0.3 is 4.98 Å². The fourth-order valence-corrected chi connectivity index (χ4v) is 1.36. The Morgan fingerprint density at radius 2 is 2.27 bits per heavy atom. The number of aromatic nitrogens is 2. The lowest BCUT2D eigenvalue weighted by Crippen LogP contribution is -1.74. The third-order valence-corrected chi connectivity index (χ3v) is 1.94. The number of halogens is 1. The topological polar surface area (TPSA) is 28.7 Å². The third-order valence-electron chi connectivity index (χ3n) is 1.50. The molecular weight excluding hydrogens is 204 g/mol. The van der Waals surface area contributed by atoms with Gasteiger partial charge in [0.05, 0.1) is 11.0 Å². The van der Waals surface area contributed by atoms with E-state index in [2.05, 4.69) is 32.8 Å². The summed E-state index contributed by atoms with van der Waals surface area (Å²) < 4.78 is 0.851. The van der Waals surface area contributed by atoms with Gasteiger partial charge in [-0.2, -0.15) is 0 Å². The predicted octanol–water partition coefficient (Wildman–Crippen LogP) is 2.51. The van der Waals surface area contributed by atoms with Crippen LogP contribution in [0.15, 0.2) is 22.8 Å². The van der Waals surface area contributed by atoms with Crippen molar-refractivity contribution in [3.8, 4) is 0 Å². The smallest absolute Gasteiger partial charge is 0.106 e. The first kappa shape index (κ1) is 6.85. The highest BCUT2D eigenvalue weighted by atomic mass is 79.9. The fourth-order valence-electron chi connectivity index (χ4n) is 1.04. The Morgan fingerprint density at radius 1 is 1.45 bits per heavy atom. The van der Waals surface area contributed by atoms with Crippen molar-refractivity contribution in [2.24, 2.45) is 0 Å². The molecule has 0 saturated heterocycles. The maximum absolute atomic E-state index is 4.24. The number of nitrogens with one attached hydrogen (secondary N) is 1. The number of hydrogen-bond donors (Lipinski definition) is 1. The molecule has 0 aliphatic rings. The van der Waals surface area contributed by atoms with E-state index >= 15 is 0 Å². The lowest BCUT2D eigenvalue weighted by molar-refractivity contribution is 1.35. The van der Waals surface area contributed by atoms with Crippen molar-refractivity contribution in [3.63, 3.8) is 0 Å². The summed E-state index contributed by atoms with van der Waals surface area (Å²) in [5.41, 5.74) is 2.87. The molecule has 2 nitrogen and oxygen atoms in total. The van der Waals surface area contributed by atoms with E-state index in [-0.39, 0.29) is 0 Å². The average Bonchev–Trinajstić information content (AvgIpc) is 2.27. The molecular formula is C8H6BrN2. The largest absolute Gasteiger partial charge is 0.357 e. The molecule has 3 heteroatoms. The van der Waals surface area contributed by atoms with Crippen molar-refractivity contribution < 1.29 is 0 Å². The highest BCUT2D eigenvalue weighted by Crippen LogP contribution is 2.15. The molecule has 2 heterocycles. The zero-order valence-electron chi connectivity index (χ0n) is 5.76. The van der Waals surface area contributed by atoms with Gasteiger partial charge in [0.25, 0.3) is 0 Å². The van der Waals surface area contributed by atoms with E-state index in [1.54, 1.807) is 0 Å². The van der Waals surface area contributed by atoms with Crippen LogP contribution < -0.4 is 0 Å². The van der Waals surface area contributed by atoms with E-state index in [9.17, 15) is 0 Å². The Hall–Kier alpha value is -0.830. The van der Waals surface area contributed by atoms with Crippen molar-refractivity contribution in [1.29, 1.82) is 0 Å². The first-order valence-electron chi connectivity index (χ1n) is 3.23. The Morgan fingerprint density at radius 3 is 3.09 bits per heavy atom. The van der Waals surface area contributed by atoms with E-state index in [1.807, 2.05) is 18.2 Å². The molecule has 2 aromatic rings. The molecule has 0 saturated carbocycles. The number of aromatic amines is 1. The molecule has 0 bridgehead atoms. The van der Waals surface area contributed by atoms with Crippen LogP contribution in [0.25, 0.3) is 11.0 Å². The quantitative estimate of drug-likeness (QED) is 0.665. The molecule has 2 rings (SSSR count). The van der Waals surface area contributed by atoms with Gasteiger partial charge in [0.2, 0.25) is 0 Å². The molecule has 11 heavy (non-hydrogen) atoms. The molecule has 0 atom stereocenters. The zero-order chi connectivity index (χ0) is 7.84. The summed E-state index contributed by atoms with van der Waals surface area (Å²) >= 11 is 3.30. The van der Waals surface area contributed by atoms with Crippen LogP contribution in [0.1, 0.15) is 5.69 Å². The second-order valence-corrected chi connectivity index (χ2v) is 3.17. The van der Waals surface area contributed by atoms with Gasteiger partial charge in [0.15, 0.2) is 0 Å². The average molecular weight is 210 g/mol. The van der Waals surface area contributed by atoms with Crippen LogP contribution in [-0.4, -0.2) is 9.97 Å². The van der Waals surface area contributed by atoms with Gasteiger partial charge in [-0.3, -0.25) is 0 Å². The Bertz CT molecular complexity index is 392. The Kier molecular flexibility index (Phi) is 1.46. The third kappa shape index (κ3) is 1.16. The molecule has 0 amide bonds. The van der Waals surface area contributed by atoms with Crippen molar-refractivity contribution in [3.05, 3.63) is 35.4 Å². The van der Waals surface area contributed by atoms with Gasteiger partial charge >= 0.3 is 0 Å². The van der Waals surface area contributed by atoms with Crippen LogP contribution in [0.5, 0.6) is 0 Å². The molecule has 0 aromatic carbocycles. The van der Waals surface area contributed by atoms with Crippen LogP contribution in [0, 0.1) is 6.92 Å². The molecule has 0 unspecified atom stereocenters. The maximum atomic E-state index is 4.24. The summed E-state index contributed by atoms with van der Waals surface area (Å²) in [4.78, 5) is 7.33. The number of H-pyrrole nitrogens is 1. The summed E-state index contributed by atoms with van der Waals surface area (Å²) in [6.07, 6.45) is 0. The highest BCUT2D eigenvalue weighted by Gasteiger charge is 1.97. The van der Waals surface area contributed by atoms with Gasteiger partial charge in [-0.1, -0.05) is 0 Å². The summed E-state index contributed by atoms with van der Waals surface area (Å²) in [5.74, 6) is 0. The zero-order valence-corrected chi connectivity index (χ0v) is 7.35. The van der Waals surface area contributed by atoms with E-state index in [0.717, 1.165) is 21.3 Å². The van der Waals surface area contributed by atoms with Gasteiger partial charge in [0.1, 0.15) is 4.60 Å². The SMILES string of the molecule is [CH2]c1cc2nc(Br)ccc2[nH]1. The molecule has 1 radical (unpaired) electrons. The molecule has 0 fully saturated rings. The van der Waals surface area contributed by atoms with Gasteiger partial charge in [-0.15, -0.1) is 0 Å². The second kappa shape index (κ2) is 2.34. The minimum atomic E-state index is 0.851. The molecule has 55 valence electrons. The maximum Gasteiger partial charge on any atom is 0.106 e.